The predicted molar refractivity (Wildman–Crippen MR) is 56.6 cm³/mol. The summed E-state index contributed by atoms with van der Waals surface area (Å²) in [5.41, 5.74) is 0. The average Bonchev–Trinajstić information content (AvgIpc) is 2.73. The Morgan fingerprint density at radius 3 is 2.87 bits per heavy atom. The average molecular weight is 211 g/mol. The zero-order valence-corrected chi connectivity index (χ0v) is 9.37. The van der Waals surface area contributed by atoms with Crippen LogP contribution in [0.1, 0.15) is 23.4 Å². The second-order valence-corrected chi connectivity index (χ2v) is 3.29. The lowest BCUT2D eigenvalue weighted by molar-refractivity contribution is 0.0785. The molecule has 0 aromatic carbocycles. The number of hydrogen-bond acceptors (Lipinski definition) is 4. The highest BCUT2D eigenvalue weighted by molar-refractivity contribution is 5.90. The molecule has 0 aliphatic rings. The highest BCUT2D eigenvalue weighted by atomic mass is 16.2. The molecule has 0 fully saturated rings. The third-order valence-corrected chi connectivity index (χ3v) is 2.10. The molecule has 1 heterocycles. The van der Waals surface area contributed by atoms with Crippen molar-refractivity contribution in [2.24, 2.45) is 0 Å². The lowest BCUT2D eigenvalue weighted by Crippen LogP contribution is -2.33. The smallest absolute Gasteiger partial charge is 0.293 e. The molecule has 15 heavy (non-hydrogen) atoms. The summed E-state index contributed by atoms with van der Waals surface area (Å²) in [6.45, 7) is 3.36. The summed E-state index contributed by atoms with van der Waals surface area (Å²) < 4.78 is 0. The number of aromatic amines is 1. The van der Waals surface area contributed by atoms with E-state index in [-0.39, 0.29) is 11.7 Å². The van der Waals surface area contributed by atoms with Gasteiger partial charge < -0.3 is 10.2 Å². The van der Waals surface area contributed by atoms with Crippen LogP contribution in [0.4, 0.5) is 0 Å². The molecule has 0 saturated carbocycles. The Balaban J connectivity index is 2.59. The van der Waals surface area contributed by atoms with Gasteiger partial charge in [-0.1, -0.05) is 6.92 Å². The van der Waals surface area contributed by atoms with Crippen LogP contribution in [0.3, 0.4) is 0 Å². The van der Waals surface area contributed by atoms with Gasteiger partial charge in [-0.15, -0.1) is 5.10 Å². The van der Waals surface area contributed by atoms with E-state index in [9.17, 15) is 4.79 Å². The van der Waals surface area contributed by atoms with Gasteiger partial charge in [-0.3, -0.25) is 9.89 Å². The van der Waals surface area contributed by atoms with Crippen LogP contribution in [-0.2, 0) is 6.42 Å². The molecule has 0 saturated heterocycles. The fraction of sp³-hybridized carbons (Fsp3) is 0.667. The molecule has 1 aromatic rings. The molecule has 6 nitrogen and oxygen atoms in total. The molecule has 1 aromatic heterocycles. The third-order valence-electron chi connectivity index (χ3n) is 2.10. The van der Waals surface area contributed by atoms with Gasteiger partial charge in [-0.2, -0.15) is 0 Å². The topological polar surface area (TPSA) is 73.9 Å². The minimum Gasteiger partial charge on any atom is -0.338 e. The number of likely N-dealkylation sites (N-methyl/N-ethyl adjacent to an activating group) is 2. The van der Waals surface area contributed by atoms with Crippen molar-refractivity contribution >= 4 is 5.91 Å². The summed E-state index contributed by atoms with van der Waals surface area (Å²) >= 11 is 0. The van der Waals surface area contributed by atoms with E-state index in [1.165, 1.54) is 0 Å². The van der Waals surface area contributed by atoms with E-state index in [2.05, 4.69) is 20.5 Å². The number of nitrogens with one attached hydrogen (secondary N) is 2. The zero-order valence-electron chi connectivity index (χ0n) is 9.37. The molecule has 0 radical (unpaired) electrons. The van der Waals surface area contributed by atoms with Crippen molar-refractivity contribution < 1.29 is 4.79 Å². The molecular weight excluding hydrogens is 194 g/mol. The Morgan fingerprint density at radius 1 is 1.60 bits per heavy atom. The third kappa shape index (κ3) is 3.02. The highest BCUT2D eigenvalue weighted by Gasteiger charge is 2.15. The Bertz CT molecular complexity index is 322. The zero-order chi connectivity index (χ0) is 11.3. The molecule has 2 N–H and O–H groups in total. The molecule has 84 valence electrons. The molecule has 0 unspecified atom stereocenters. The molecule has 0 bridgehead atoms. The number of aromatic nitrogens is 3. The summed E-state index contributed by atoms with van der Waals surface area (Å²) in [6, 6.07) is 0. The minimum absolute atomic E-state index is 0.152. The predicted octanol–water partition coefficient (Wildman–Crippen LogP) is -0.341. The van der Waals surface area contributed by atoms with E-state index >= 15 is 0 Å². The van der Waals surface area contributed by atoms with Gasteiger partial charge in [0.15, 0.2) is 0 Å². The van der Waals surface area contributed by atoms with Gasteiger partial charge >= 0.3 is 0 Å². The van der Waals surface area contributed by atoms with Gasteiger partial charge in [0.2, 0.25) is 5.82 Å². The van der Waals surface area contributed by atoms with E-state index in [1.54, 1.807) is 11.9 Å². The number of carbonyl (C=O) groups excluding carboxylic acids is 1. The standard InChI is InChI=1S/C9H17N5O/c1-4-7-11-8(13-12-7)9(15)14(3)6-5-10-2/h10H,4-6H2,1-3H3,(H,11,12,13). The molecule has 0 spiro atoms. The lowest BCUT2D eigenvalue weighted by atomic mass is 10.4. The summed E-state index contributed by atoms with van der Waals surface area (Å²) in [5.74, 6) is 0.826. The number of rotatable bonds is 5. The van der Waals surface area contributed by atoms with Crippen LogP contribution >= 0.6 is 0 Å². The fourth-order valence-electron chi connectivity index (χ4n) is 1.10. The van der Waals surface area contributed by atoms with Crippen LogP contribution in [-0.4, -0.2) is 53.2 Å². The maximum absolute atomic E-state index is 11.7. The molecule has 1 amide bonds. The van der Waals surface area contributed by atoms with E-state index in [0.29, 0.717) is 6.54 Å². The number of aryl methyl sites for hydroxylation is 1. The maximum atomic E-state index is 11.7. The first-order valence-corrected chi connectivity index (χ1v) is 5.00. The van der Waals surface area contributed by atoms with Gasteiger partial charge in [0.05, 0.1) is 0 Å². The van der Waals surface area contributed by atoms with Crippen LogP contribution in [0.5, 0.6) is 0 Å². The van der Waals surface area contributed by atoms with Crippen LogP contribution in [0.15, 0.2) is 0 Å². The van der Waals surface area contributed by atoms with Crippen molar-refractivity contribution in [3.05, 3.63) is 11.6 Å². The number of hydrogen-bond donors (Lipinski definition) is 2. The minimum atomic E-state index is -0.152. The van der Waals surface area contributed by atoms with Gasteiger partial charge in [0, 0.05) is 26.6 Å². The van der Waals surface area contributed by atoms with Gasteiger partial charge in [-0.05, 0) is 7.05 Å². The van der Waals surface area contributed by atoms with E-state index < -0.39 is 0 Å². The summed E-state index contributed by atoms with van der Waals surface area (Å²) in [4.78, 5) is 17.4. The normalized spacial score (nSPS) is 10.3. The molecule has 0 aliphatic carbocycles. The van der Waals surface area contributed by atoms with Crippen LogP contribution < -0.4 is 5.32 Å². The van der Waals surface area contributed by atoms with Crippen molar-refractivity contribution in [2.75, 3.05) is 27.2 Å². The number of nitrogens with zero attached hydrogens (tertiary/aromatic N) is 3. The lowest BCUT2D eigenvalue weighted by Gasteiger charge is -2.14. The number of H-pyrrole nitrogens is 1. The van der Waals surface area contributed by atoms with Crippen LogP contribution in [0.2, 0.25) is 0 Å². The Labute approximate surface area is 89.1 Å². The highest BCUT2D eigenvalue weighted by Crippen LogP contribution is 1.97. The molecule has 0 atom stereocenters. The first kappa shape index (κ1) is 11.6. The maximum Gasteiger partial charge on any atom is 0.293 e. The van der Waals surface area contributed by atoms with Crippen molar-refractivity contribution in [1.29, 1.82) is 0 Å². The molecule has 0 aliphatic heterocycles. The second-order valence-electron chi connectivity index (χ2n) is 3.29. The van der Waals surface area contributed by atoms with E-state index in [1.807, 2.05) is 14.0 Å². The summed E-state index contributed by atoms with van der Waals surface area (Å²) in [5, 5.41) is 9.57. The van der Waals surface area contributed by atoms with Crippen molar-refractivity contribution in [3.63, 3.8) is 0 Å². The first-order valence-electron chi connectivity index (χ1n) is 5.00. The Morgan fingerprint density at radius 2 is 2.33 bits per heavy atom. The van der Waals surface area contributed by atoms with Crippen molar-refractivity contribution in [3.8, 4) is 0 Å². The monoisotopic (exact) mass is 211 g/mol. The van der Waals surface area contributed by atoms with Gasteiger partial charge in [0.1, 0.15) is 5.82 Å². The van der Waals surface area contributed by atoms with Crippen molar-refractivity contribution in [1.82, 2.24) is 25.4 Å². The number of amides is 1. The van der Waals surface area contributed by atoms with Gasteiger partial charge in [0.25, 0.3) is 5.91 Å². The molecular formula is C9H17N5O. The fourth-order valence-corrected chi connectivity index (χ4v) is 1.10. The molecule has 1 rings (SSSR count). The largest absolute Gasteiger partial charge is 0.338 e. The van der Waals surface area contributed by atoms with Crippen LogP contribution in [0.25, 0.3) is 0 Å². The second kappa shape index (κ2) is 5.45. The quantitative estimate of drug-likeness (QED) is 0.698. The van der Waals surface area contributed by atoms with Crippen LogP contribution in [0, 0.1) is 0 Å². The summed E-state index contributed by atoms with van der Waals surface area (Å²) in [6.07, 6.45) is 0.751. The van der Waals surface area contributed by atoms with E-state index in [4.69, 9.17) is 0 Å². The Hall–Kier alpha value is -1.43. The Kier molecular flexibility index (Phi) is 4.23. The SMILES string of the molecule is CCc1nc(C(=O)N(C)CCNC)n[nH]1. The molecule has 6 heteroatoms. The van der Waals surface area contributed by atoms with Crippen molar-refractivity contribution in [2.45, 2.75) is 13.3 Å². The summed E-state index contributed by atoms with van der Waals surface area (Å²) in [7, 11) is 3.59. The first-order chi connectivity index (χ1) is 7.19. The van der Waals surface area contributed by atoms with Gasteiger partial charge in [-0.25, -0.2) is 4.98 Å². The van der Waals surface area contributed by atoms with E-state index in [0.717, 1.165) is 18.8 Å². The number of carbonyl (C=O) groups is 1.